The summed E-state index contributed by atoms with van der Waals surface area (Å²) in [5.41, 5.74) is 4.63. The molecular formula is C25H33N3O3. The number of amides is 1. The summed E-state index contributed by atoms with van der Waals surface area (Å²) in [5, 5.41) is 2.82. The van der Waals surface area contributed by atoms with Gasteiger partial charge in [0.25, 0.3) is 0 Å². The maximum Gasteiger partial charge on any atom is 0.221 e. The number of nitrogens with zero attached hydrogens (tertiary/aromatic N) is 2. The van der Waals surface area contributed by atoms with Crippen LogP contribution >= 0.6 is 0 Å². The van der Waals surface area contributed by atoms with Gasteiger partial charge in [0.2, 0.25) is 5.91 Å². The van der Waals surface area contributed by atoms with E-state index in [0.717, 1.165) is 50.7 Å². The fraction of sp³-hybridized carbons (Fsp3) is 0.480. The van der Waals surface area contributed by atoms with Crippen LogP contribution in [0.2, 0.25) is 0 Å². The Labute approximate surface area is 185 Å². The van der Waals surface area contributed by atoms with Crippen molar-refractivity contribution in [1.29, 1.82) is 0 Å². The highest BCUT2D eigenvalue weighted by molar-refractivity contribution is 5.88. The number of anilines is 1. The van der Waals surface area contributed by atoms with Crippen molar-refractivity contribution < 1.29 is 14.3 Å². The average molecular weight is 424 g/mol. The predicted molar refractivity (Wildman–Crippen MR) is 122 cm³/mol. The lowest BCUT2D eigenvalue weighted by Crippen LogP contribution is -2.44. The van der Waals surface area contributed by atoms with Gasteiger partial charge in [0.1, 0.15) is 12.4 Å². The van der Waals surface area contributed by atoms with Crippen LogP contribution < -0.4 is 10.1 Å². The summed E-state index contributed by atoms with van der Waals surface area (Å²) in [4.78, 5) is 16.1. The summed E-state index contributed by atoms with van der Waals surface area (Å²) in [6.45, 7) is 12.0. The number of nitrogens with one attached hydrogen (secondary N) is 1. The third kappa shape index (κ3) is 6.06. The molecule has 1 saturated heterocycles. The third-order valence-electron chi connectivity index (χ3n) is 5.77. The number of benzene rings is 2. The van der Waals surface area contributed by atoms with Gasteiger partial charge in [0.05, 0.1) is 12.2 Å². The highest BCUT2D eigenvalue weighted by Gasteiger charge is 2.23. The van der Waals surface area contributed by atoms with Crippen molar-refractivity contribution >= 4 is 11.6 Å². The van der Waals surface area contributed by atoms with Crippen molar-refractivity contribution in [3.05, 3.63) is 59.2 Å². The largest absolute Gasteiger partial charge is 0.492 e. The normalized spacial score (nSPS) is 22.3. The van der Waals surface area contributed by atoms with Crippen LogP contribution in [0.1, 0.15) is 37.5 Å². The zero-order valence-electron chi connectivity index (χ0n) is 18.8. The molecule has 0 bridgehead atoms. The Morgan fingerprint density at radius 2 is 1.68 bits per heavy atom. The van der Waals surface area contributed by atoms with E-state index in [1.54, 1.807) is 0 Å². The highest BCUT2D eigenvalue weighted by atomic mass is 16.5. The molecule has 6 nitrogen and oxygen atoms in total. The first kappa shape index (κ1) is 21.8. The zero-order valence-corrected chi connectivity index (χ0v) is 18.8. The maximum atomic E-state index is 11.2. The molecule has 0 aliphatic carbocycles. The molecule has 31 heavy (non-hydrogen) atoms. The Morgan fingerprint density at radius 1 is 1.00 bits per heavy atom. The molecule has 1 fully saturated rings. The minimum atomic E-state index is -0.0502. The summed E-state index contributed by atoms with van der Waals surface area (Å²) < 4.78 is 11.9. The molecule has 1 amide bonds. The molecule has 2 aliphatic heterocycles. The van der Waals surface area contributed by atoms with Gasteiger partial charge in [0.15, 0.2) is 0 Å². The lowest BCUT2D eigenvalue weighted by molar-refractivity contribution is -0.114. The van der Waals surface area contributed by atoms with E-state index in [0.29, 0.717) is 6.61 Å². The summed E-state index contributed by atoms with van der Waals surface area (Å²) in [6.07, 6.45) is 0.556. The number of fused-ring (bicyclic) bond motifs is 1. The van der Waals surface area contributed by atoms with Crippen LogP contribution in [0.3, 0.4) is 0 Å². The number of carbonyl (C=O) groups excluding carboxylic acids is 1. The molecule has 0 spiro atoms. The van der Waals surface area contributed by atoms with E-state index >= 15 is 0 Å². The summed E-state index contributed by atoms with van der Waals surface area (Å²) in [6, 6.07) is 14.7. The van der Waals surface area contributed by atoms with Gasteiger partial charge in [-0.05, 0) is 49.2 Å². The lowest BCUT2D eigenvalue weighted by atomic mass is 10.1. The van der Waals surface area contributed by atoms with Crippen LogP contribution in [0.15, 0.2) is 42.5 Å². The Bertz CT molecular complexity index is 889. The van der Waals surface area contributed by atoms with Gasteiger partial charge < -0.3 is 14.8 Å². The van der Waals surface area contributed by atoms with E-state index < -0.39 is 0 Å². The van der Waals surface area contributed by atoms with Crippen LogP contribution in [-0.4, -0.2) is 54.2 Å². The molecule has 0 aromatic heterocycles. The van der Waals surface area contributed by atoms with Gasteiger partial charge >= 0.3 is 0 Å². The van der Waals surface area contributed by atoms with Gasteiger partial charge in [-0.3, -0.25) is 14.6 Å². The number of rotatable bonds is 5. The molecule has 2 aromatic carbocycles. The molecule has 2 aliphatic rings. The Morgan fingerprint density at radius 3 is 2.39 bits per heavy atom. The van der Waals surface area contributed by atoms with Crippen LogP contribution in [0.25, 0.3) is 0 Å². The molecular weight excluding hydrogens is 390 g/mol. The van der Waals surface area contributed by atoms with Gasteiger partial charge in [-0.1, -0.05) is 18.2 Å². The number of morpholine rings is 1. The highest BCUT2D eigenvalue weighted by Crippen LogP contribution is 2.26. The van der Waals surface area contributed by atoms with Crippen molar-refractivity contribution in [3.8, 4) is 5.75 Å². The molecule has 166 valence electrons. The van der Waals surface area contributed by atoms with Gasteiger partial charge in [0, 0.05) is 57.4 Å². The first-order valence-corrected chi connectivity index (χ1v) is 11.2. The summed E-state index contributed by atoms with van der Waals surface area (Å²) in [5.74, 6) is 0.946. The number of hydrogen-bond donors (Lipinski definition) is 1. The minimum absolute atomic E-state index is 0.0502. The Hall–Kier alpha value is -2.41. The number of hydrogen-bond acceptors (Lipinski definition) is 5. The second kappa shape index (κ2) is 9.81. The number of carbonyl (C=O) groups is 1. The smallest absolute Gasteiger partial charge is 0.221 e. The van der Waals surface area contributed by atoms with Crippen LogP contribution in [-0.2, 0) is 29.2 Å². The standard InChI is InChI=1S/C25H33N3O3/c1-18-13-28(14-19(2)31-18)16-22-6-9-25-23(12-22)17-27(10-11-30-25)15-21-4-7-24(8-5-21)26-20(3)29/h4-9,12,18-19H,10-11,13-17H2,1-3H3,(H,26,29)/t18-,19+. The van der Waals surface area contributed by atoms with Crippen molar-refractivity contribution in [3.63, 3.8) is 0 Å². The van der Waals surface area contributed by atoms with Crippen molar-refractivity contribution in [2.45, 2.75) is 52.6 Å². The van der Waals surface area contributed by atoms with E-state index in [4.69, 9.17) is 9.47 Å². The Balaban J connectivity index is 1.41. The molecule has 2 atom stereocenters. The SMILES string of the molecule is CC(=O)Nc1ccc(CN2CCOc3ccc(CN4C[C@@H](C)O[C@@H](C)C4)cc3C2)cc1. The van der Waals surface area contributed by atoms with Gasteiger partial charge in [-0.25, -0.2) is 0 Å². The monoisotopic (exact) mass is 423 g/mol. The summed E-state index contributed by atoms with van der Waals surface area (Å²) >= 11 is 0. The summed E-state index contributed by atoms with van der Waals surface area (Å²) in [7, 11) is 0. The predicted octanol–water partition coefficient (Wildman–Crippen LogP) is 3.65. The zero-order chi connectivity index (χ0) is 21.8. The van der Waals surface area contributed by atoms with E-state index in [9.17, 15) is 4.79 Å². The third-order valence-corrected chi connectivity index (χ3v) is 5.77. The van der Waals surface area contributed by atoms with Crippen molar-refractivity contribution in [2.75, 3.05) is 31.6 Å². The van der Waals surface area contributed by atoms with Crippen LogP contribution in [0.4, 0.5) is 5.69 Å². The average Bonchev–Trinajstić information content (AvgIpc) is 2.89. The quantitative estimate of drug-likeness (QED) is 0.796. The van der Waals surface area contributed by atoms with E-state index in [1.807, 2.05) is 12.1 Å². The molecule has 0 unspecified atom stereocenters. The van der Waals surface area contributed by atoms with Gasteiger partial charge in [-0.15, -0.1) is 0 Å². The molecule has 2 aromatic rings. The molecule has 6 heteroatoms. The fourth-order valence-electron chi connectivity index (χ4n) is 4.56. The van der Waals surface area contributed by atoms with E-state index in [2.05, 4.69) is 59.3 Å². The lowest BCUT2D eigenvalue weighted by Gasteiger charge is -2.35. The van der Waals surface area contributed by atoms with Crippen molar-refractivity contribution in [1.82, 2.24) is 9.80 Å². The molecule has 2 heterocycles. The second-order valence-corrected chi connectivity index (χ2v) is 8.83. The Kier molecular flexibility index (Phi) is 6.90. The first-order chi connectivity index (χ1) is 14.9. The van der Waals surface area contributed by atoms with E-state index in [-0.39, 0.29) is 18.1 Å². The molecule has 0 saturated carbocycles. The first-order valence-electron chi connectivity index (χ1n) is 11.2. The molecule has 4 rings (SSSR count). The van der Waals surface area contributed by atoms with Crippen LogP contribution in [0, 0.1) is 0 Å². The minimum Gasteiger partial charge on any atom is -0.492 e. The molecule has 0 radical (unpaired) electrons. The second-order valence-electron chi connectivity index (χ2n) is 8.83. The molecule has 1 N–H and O–H groups in total. The van der Waals surface area contributed by atoms with Crippen LogP contribution in [0.5, 0.6) is 5.75 Å². The fourth-order valence-corrected chi connectivity index (χ4v) is 4.56. The maximum absolute atomic E-state index is 11.2. The van der Waals surface area contributed by atoms with Crippen molar-refractivity contribution in [2.24, 2.45) is 0 Å². The van der Waals surface area contributed by atoms with Gasteiger partial charge in [-0.2, -0.15) is 0 Å². The van der Waals surface area contributed by atoms with E-state index in [1.165, 1.54) is 23.6 Å². The number of ether oxygens (including phenoxy) is 2. The topological polar surface area (TPSA) is 54.0 Å².